The Kier molecular flexibility index (Phi) is 8.19. The molecule has 33 heavy (non-hydrogen) atoms. The molecule has 0 aromatic heterocycles. The van der Waals surface area contributed by atoms with Crippen LogP contribution in [0.4, 0.5) is 0 Å². The van der Waals surface area contributed by atoms with Gasteiger partial charge in [-0.15, -0.1) is 0 Å². The highest BCUT2D eigenvalue weighted by Gasteiger charge is 2.26. The summed E-state index contributed by atoms with van der Waals surface area (Å²) in [4.78, 5) is 13.0. The van der Waals surface area contributed by atoms with Crippen molar-refractivity contribution in [3.8, 4) is 23.0 Å². The first-order valence-corrected chi connectivity index (χ1v) is 10.8. The molecule has 3 rings (SSSR count). The number of aliphatic hydroxyl groups is 1. The van der Waals surface area contributed by atoms with Gasteiger partial charge in [0.15, 0.2) is 28.8 Å². The standard InChI is InChI=1S/C27H30O6/c1-30-24-13-9-19(16-26(24)32-3)7-11-22(28)21(15-18-5-6-18)23(29)12-8-20-10-14-25(31-2)27(17-20)33-4/h7-14,16-18,28H,5-6,15H2,1-4H3/b11-7+,12-8+,22-21-. The van der Waals surface area contributed by atoms with Gasteiger partial charge in [-0.3, -0.25) is 4.79 Å². The third kappa shape index (κ3) is 6.42. The minimum Gasteiger partial charge on any atom is -0.508 e. The maximum atomic E-state index is 13.0. The quantitative estimate of drug-likeness (QED) is 0.272. The molecule has 0 atom stereocenters. The second-order valence-electron chi connectivity index (χ2n) is 7.77. The van der Waals surface area contributed by atoms with Crippen molar-refractivity contribution in [2.24, 2.45) is 5.92 Å². The topological polar surface area (TPSA) is 74.2 Å². The molecule has 6 nitrogen and oxygen atoms in total. The van der Waals surface area contributed by atoms with Crippen LogP contribution in [0.3, 0.4) is 0 Å². The summed E-state index contributed by atoms with van der Waals surface area (Å²) < 4.78 is 21.1. The van der Waals surface area contributed by atoms with E-state index in [0.717, 1.165) is 24.0 Å². The zero-order chi connectivity index (χ0) is 23.8. The minimum atomic E-state index is -0.217. The van der Waals surface area contributed by atoms with Gasteiger partial charge in [0.2, 0.25) is 0 Å². The fourth-order valence-corrected chi connectivity index (χ4v) is 3.40. The van der Waals surface area contributed by atoms with E-state index in [1.807, 2.05) is 18.2 Å². The van der Waals surface area contributed by atoms with Gasteiger partial charge in [-0.05, 0) is 72.7 Å². The molecule has 0 aliphatic heterocycles. The van der Waals surface area contributed by atoms with Gasteiger partial charge in [-0.2, -0.15) is 0 Å². The number of carbonyl (C=O) groups excluding carboxylic acids is 1. The first-order valence-electron chi connectivity index (χ1n) is 10.8. The van der Waals surface area contributed by atoms with E-state index >= 15 is 0 Å². The number of methoxy groups -OCH3 is 4. The van der Waals surface area contributed by atoms with Gasteiger partial charge in [-0.1, -0.05) is 24.3 Å². The predicted molar refractivity (Wildman–Crippen MR) is 129 cm³/mol. The molecule has 0 amide bonds. The van der Waals surface area contributed by atoms with E-state index in [2.05, 4.69) is 0 Å². The van der Waals surface area contributed by atoms with E-state index in [-0.39, 0.29) is 11.5 Å². The average molecular weight is 451 g/mol. The van der Waals surface area contributed by atoms with Gasteiger partial charge in [0, 0.05) is 5.57 Å². The van der Waals surface area contributed by atoms with Gasteiger partial charge in [0.1, 0.15) is 5.76 Å². The lowest BCUT2D eigenvalue weighted by atomic mass is 10.0. The van der Waals surface area contributed by atoms with Crippen LogP contribution in [0.5, 0.6) is 23.0 Å². The van der Waals surface area contributed by atoms with E-state index in [0.29, 0.717) is 40.9 Å². The Hall–Kier alpha value is -3.67. The summed E-state index contributed by atoms with van der Waals surface area (Å²) in [5, 5.41) is 10.7. The number of ketones is 1. The van der Waals surface area contributed by atoms with Crippen LogP contribution < -0.4 is 18.9 Å². The molecule has 0 saturated heterocycles. The molecule has 0 heterocycles. The molecule has 2 aromatic rings. The van der Waals surface area contributed by atoms with Crippen LogP contribution in [0.25, 0.3) is 12.2 Å². The fraction of sp³-hybridized carbons (Fsp3) is 0.296. The molecule has 1 fully saturated rings. The number of allylic oxidation sites excluding steroid dienone is 3. The lowest BCUT2D eigenvalue weighted by Gasteiger charge is -2.08. The lowest BCUT2D eigenvalue weighted by Crippen LogP contribution is -2.03. The lowest BCUT2D eigenvalue weighted by molar-refractivity contribution is -0.111. The first-order chi connectivity index (χ1) is 16.0. The number of aliphatic hydroxyl groups excluding tert-OH is 1. The zero-order valence-corrected chi connectivity index (χ0v) is 19.5. The summed E-state index contributed by atoms with van der Waals surface area (Å²) in [6.45, 7) is 0. The Morgan fingerprint density at radius 2 is 1.30 bits per heavy atom. The van der Waals surface area contributed by atoms with Crippen molar-refractivity contribution < 1.29 is 28.8 Å². The smallest absolute Gasteiger partial charge is 0.185 e. The molecule has 2 aromatic carbocycles. The molecule has 6 heteroatoms. The van der Waals surface area contributed by atoms with Crippen LogP contribution in [0, 0.1) is 5.92 Å². The monoisotopic (exact) mass is 450 g/mol. The summed E-state index contributed by atoms with van der Waals surface area (Å²) in [6.07, 6.45) is 9.20. The van der Waals surface area contributed by atoms with Crippen LogP contribution in [0.1, 0.15) is 30.4 Å². The Labute approximate surface area is 194 Å². The molecular weight excluding hydrogens is 420 g/mol. The van der Waals surface area contributed by atoms with Crippen LogP contribution >= 0.6 is 0 Å². The number of ether oxygens (including phenoxy) is 4. The van der Waals surface area contributed by atoms with Crippen molar-refractivity contribution in [1.82, 2.24) is 0 Å². The zero-order valence-electron chi connectivity index (χ0n) is 19.5. The van der Waals surface area contributed by atoms with Crippen LogP contribution in [-0.4, -0.2) is 39.3 Å². The van der Waals surface area contributed by atoms with E-state index in [4.69, 9.17) is 18.9 Å². The summed E-state index contributed by atoms with van der Waals surface area (Å²) >= 11 is 0. The number of hydrogen-bond donors (Lipinski definition) is 1. The number of hydrogen-bond acceptors (Lipinski definition) is 6. The van der Waals surface area contributed by atoms with Gasteiger partial charge < -0.3 is 24.1 Å². The Balaban J connectivity index is 1.82. The number of rotatable bonds is 11. The second kappa shape index (κ2) is 11.3. The Bertz CT molecular complexity index is 1080. The van der Waals surface area contributed by atoms with Crippen LogP contribution in [-0.2, 0) is 4.79 Å². The highest BCUT2D eigenvalue weighted by atomic mass is 16.5. The van der Waals surface area contributed by atoms with Crippen molar-refractivity contribution in [2.45, 2.75) is 19.3 Å². The minimum absolute atomic E-state index is 0.0290. The van der Waals surface area contributed by atoms with Crippen molar-refractivity contribution >= 4 is 17.9 Å². The number of benzene rings is 2. The van der Waals surface area contributed by atoms with Crippen molar-refractivity contribution in [2.75, 3.05) is 28.4 Å². The third-order valence-corrected chi connectivity index (χ3v) is 5.47. The molecule has 1 saturated carbocycles. The summed E-state index contributed by atoms with van der Waals surface area (Å²) in [5.41, 5.74) is 2.02. The Morgan fingerprint density at radius 3 is 1.76 bits per heavy atom. The van der Waals surface area contributed by atoms with Crippen molar-refractivity contribution in [3.63, 3.8) is 0 Å². The summed E-state index contributed by atoms with van der Waals surface area (Å²) in [5.74, 6) is 2.62. The third-order valence-electron chi connectivity index (χ3n) is 5.47. The van der Waals surface area contributed by atoms with Gasteiger partial charge >= 0.3 is 0 Å². The van der Waals surface area contributed by atoms with Crippen LogP contribution in [0.15, 0.2) is 59.9 Å². The summed E-state index contributed by atoms with van der Waals surface area (Å²) in [7, 11) is 6.28. The molecule has 0 unspecified atom stereocenters. The van der Waals surface area contributed by atoms with Gasteiger partial charge in [0.25, 0.3) is 0 Å². The van der Waals surface area contributed by atoms with Crippen LogP contribution in [0.2, 0.25) is 0 Å². The fourth-order valence-electron chi connectivity index (χ4n) is 3.40. The summed E-state index contributed by atoms with van der Waals surface area (Å²) in [6, 6.07) is 10.9. The molecule has 0 radical (unpaired) electrons. The van der Waals surface area contributed by atoms with Crippen molar-refractivity contribution in [1.29, 1.82) is 0 Å². The van der Waals surface area contributed by atoms with E-state index in [1.54, 1.807) is 64.9 Å². The maximum absolute atomic E-state index is 13.0. The second-order valence-corrected chi connectivity index (χ2v) is 7.77. The maximum Gasteiger partial charge on any atom is 0.185 e. The molecule has 174 valence electrons. The SMILES string of the molecule is COc1ccc(/C=C/C(=O)/C(CC2CC2)=C(O)/C=C/c2ccc(OC)c(OC)c2)cc1OC. The van der Waals surface area contributed by atoms with E-state index in [9.17, 15) is 9.90 Å². The highest BCUT2D eigenvalue weighted by molar-refractivity contribution is 6.07. The molecule has 1 aliphatic rings. The van der Waals surface area contributed by atoms with Gasteiger partial charge in [0.05, 0.1) is 28.4 Å². The first kappa shape index (κ1) is 24.0. The largest absolute Gasteiger partial charge is 0.508 e. The Morgan fingerprint density at radius 1 is 0.818 bits per heavy atom. The molecule has 0 spiro atoms. The highest BCUT2D eigenvalue weighted by Crippen LogP contribution is 2.36. The molecule has 1 N–H and O–H groups in total. The number of carbonyl (C=O) groups is 1. The van der Waals surface area contributed by atoms with E-state index < -0.39 is 0 Å². The molecule has 1 aliphatic carbocycles. The predicted octanol–water partition coefficient (Wildman–Crippen LogP) is 5.63. The average Bonchev–Trinajstić information content (AvgIpc) is 3.68. The van der Waals surface area contributed by atoms with E-state index in [1.165, 1.54) is 6.08 Å². The normalized spacial score (nSPS) is 14.3. The molecule has 0 bridgehead atoms. The van der Waals surface area contributed by atoms with Gasteiger partial charge in [-0.25, -0.2) is 0 Å². The molecular formula is C27H30O6. The van der Waals surface area contributed by atoms with Crippen molar-refractivity contribution in [3.05, 3.63) is 71.0 Å².